The second-order valence-electron chi connectivity index (χ2n) is 23.9. The van der Waals surface area contributed by atoms with Gasteiger partial charge in [0.1, 0.15) is 78.3 Å². The Labute approximate surface area is 550 Å². The van der Waals surface area contributed by atoms with E-state index < -0.39 is 169 Å². The highest BCUT2D eigenvalue weighted by molar-refractivity contribution is 6.00. The predicted molar refractivity (Wildman–Crippen MR) is 336 cm³/mol. The van der Waals surface area contributed by atoms with Gasteiger partial charge in [0.2, 0.25) is 65.0 Å². The highest BCUT2D eigenvalue weighted by atomic mass is 16.4. The van der Waals surface area contributed by atoms with E-state index in [1.165, 1.54) is 73.0 Å². The molecule has 0 unspecified atom stereocenters. The fourth-order valence-corrected chi connectivity index (χ4v) is 10.9. The van der Waals surface area contributed by atoms with E-state index in [4.69, 9.17) is 5.73 Å². The van der Waals surface area contributed by atoms with Crippen molar-refractivity contribution in [2.24, 2.45) is 11.7 Å². The number of carboxylic acids is 2. The lowest BCUT2D eigenvalue weighted by molar-refractivity contribution is -0.143. The number of nitrogens with one attached hydrogen (secondary N) is 11. The second kappa shape index (κ2) is 35.8. The molecule has 6 rings (SSSR count). The number of amides is 11. The van der Waals surface area contributed by atoms with Crippen LogP contribution in [0.1, 0.15) is 88.7 Å². The average molecular weight is 1340 g/mol. The standard InChI is InChI=1S/C62H84N16O18/c1-32(2)20-41(53(86)75-46(62(95)96)24-38-27-65-31-67-38)70-51(84)33(3)69-59(92)49-13-9-19-78(49)61(94)45(23-37-26-64-30-66-37)74-57(90)47(29-80)76-55(88)43(22-36-14-16-39(81)17-15-36)72-54(87)42(21-35-10-6-5-7-11-35)73-56(89)44(25-50(82)83)71-52(85)34(4)68-58(91)48-12-8-18-77(48)60(93)40(63)28-79/h5-7,10-11,14-17,26-27,30-34,40-49,79-81H,8-9,12-13,18-25,28-29,63H2,1-4H3,(H,64,66)(H,65,67)(H,68,91)(H,69,92)(H,70,84)(H,71,85)(H,72,87)(H,73,89)(H,74,90)(H,75,86)(H,76,88)(H,82,83)(H,95,96)/t33-,34-,40-,41-,42-,43-,44-,45-,46-,47-,48-,49-/m0/s1. The van der Waals surface area contributed by atoms with Crippen LogP contribution in [0.4, 0.5) is 0 Å². The highest BCUT2D eigenvalue weighted by Gasteiger charge is 2.42. The molecular formula is C62H84N16O18. The minimum Gasteiger partial charge on any atom is -0.508 e. The van der Waals surface area contributed by atoms with Crippen LogP contribution in [0.3, 0.4) is 0 Å². The molecule has 520 valence electrons. The number of H-pyrrole nitrogens is 2. The van der Waals surface area contributed by atoms with Crippen molar-refractivity contribution < 1.29 is 87.9 Å². The number of hydrogen-bond donors (Lipinski definition) is 17. The van der Waals surface area contributed by atoms with Crippen molar-refractivity contribution in [3.8, 4) is 5.75 Å². The molecular weight excluding hydrogens is 1260 g/mol. The smallest absolute Gasteiger partial charge is 0.326 e. The van der Waals surface area contributed by atoms with Crippen molar-refractivity contribution in [3.63, 3.8) is 0 Å². The summed E-state index contributed by atoms with van der Waals surface area (Å²) in [7, 11) is 0. The number of aromatic nitrogens is 4. The summed E-state index contributed by atoms with van der Waals surface area (Å²) >= 11 is 0. The number of carbonyl (C=O) groups excluding carboxylic acids is 11. The first-order valence-electron chi connectivity index (χ1n) is 31.2. The van der Waals surface area contributed by atoms with E-state index in [1.807, 2.05) is 0 Å². The van der Waals surface area contributed by atoms with Crippen LogP contribution in [0.5, 0.6) is 5.75 Å². The Morgan fingerprint density at radius 2 is 0.938 bits per heavy atom. The Morgan fingerprint density at radius 1 is 0.510 bits per heavy atom. The van der Waals surface area contributed by atoms with Crippen LogP contribution in [0, 0.1) is 5.92 Å². The number of hydrogen-bond acceptors (Lipinski definition) is 19. The Balaban J connectivity index is 1.16. The maximum absolute atomic E-state index is 14.7. The van der Waals surface area contributed by atoms with Crippen molar-refractivity contribution in [1.82, 2.24) is 77.6 Å². The molecule has 2 aliphatic rings. The number of aliphatic hydroxyl groups is 2. The van der Waals surface area contributed by atoms with Gasteiger partial charge in [0.05, 0.1) is 32.3 Å². The van der Waals surface area contributed by atoms with E-state index in [2.05, 4.69) is 67.8 Å². The first kappa shape index (κ1) is 74.7. The van der Waals surface area contributed by atoms with Crippen LogP contribution in [0.2, 0.25) is 0 Å². The molecule has 2 fully saturated rings. The topological polar surface area (TPSA) is 521 Å². The van der Waals surface area contributed by atoms with Gasteiger partial charge in [-0.3, -0.25) is 57.5 Å². The minimum atomic E-state index is -1.88. The SMILES string of the molecule is CC(C)C[C@H](NC(=O)[C@H](C)NC(=O)[C@@H]1CCCN1C(=O)[C@H](Cc1cnc[nH]1)NC(=O)[C@H](CO)NC(=O)[C@H](Cc1ccc(O)cc1)NC(=O)[C@H](Cc1ccccc1)NC(=O)[C@H](CC(=O)O)NC(=O)[C@H](C)NC(=O)[C@@H]1CCCN1C(=O)[C@@H](N)CO)C(=O)N[C@@H](Cc1cnc[nH]1)C(=O)O. The molecule has 2 aliphatic heterocycles. The van der Waals surface area contributed by atoms with Gasteiger partial charge in [0.25, 0.3) is 0 Å². The summed E-state index contributed by atoms with van der Waals surface area (Å²) in [5.41, 5.74) is 7.26. The van der Waals surface area contributed by atoms with Crippen molar-refractivity contribution in [2.45, 2.75) is 164 Å². The number of nitrogens with zero attached hydrogens (tertiary/aromatic N) is 4. The van der Waals surface area contributed by atoms with Crippen LogP contribution in [0.25, 0.3) is 0 Å². The van der Waals surface area contributed by atoms with Gasteiger partial charge in [-0.1, -0.05) is 56.3 Å². The van der Waals surface area contributed by atoms with Gasteiger partial charge in [-0.2, -0.15) is 0 Å². The van der Waals surface area contributed by atoms with Crippen molar-refractivity contribution in [3.05, 3.63) is 102 Å². The third-order valence-electron chi connectivity index (χ3n) is 16.0. The van der Waals surface area contributed by atoms with Crippen molar-refractivity contribution >= 4 is 76.9 Å². The average Bonchev–Trinajstić information content (AvgIpc) is 1.59. The summed E-state index contributed by atoms with van der Waals surface area (Å²) < 4.78 is 0. The van der Waals surface area contributed by atoms with Crippen LogP contribution in [-0.4, -0.2) is 231 Å². The second-order valence-corrected chi connectivity index (χ2v) is 23.9. The zero-order valence-electron chi connectivity index (χ0n) is 53.3. The van der Waals surface area contributed by atoms with Crippen molar-refractivity contribution in [1.29, 1.82) is 0 Å². The zero-order valence-corrected chi connectivity index (χ0v) is 53.3. The van der Waals surface area contributed by atoms with E-state index >= 15 is 0 Å². The minimum absolute atomic E-state index is 0.000450. The van der Waals surface area contributed by atoms with E-state index in [0.29, 0.717) is 35.4 Å². The summed E-state index contributed by atoms with van der Waals surface area (Å²) in [5, 5.41) is 72.4. The third-order valence-corrected chi connectivity index (χ3v) is 16.0. The summed E-state index contributed by atoms with van der Waals surface area (Å²) in [4.78, 5) is 193. The van der Waals surface area contributed by atoms with Gasteiger partial charge in [0.15, 0.2) is 0 Å². The lowest BCUT2D eigenvalue weighted by Gasteiger charge is -2.30. The number of rotatable bonds is 35. The molecule has 0 bridgehead atoms. The lowest BCUT2D eigenvalue weighted by Crippen LogP contribution is -2.61. The van der Waals surface area contributed by atoms with E-state index in [1.54, 1.807) is 44.2 Å². The summed E-state index contributed by atoms with van der Waals surface area (Å²) in [6.07, 6.45) is 4.44. The molecule has 34 nitrogen and oxygen atoms in total. The lowest BCUT2D eigenvalue weighted by atomic mass is 10.0. The molecule has 18 N–H and O–H groups in total. The monoisotopic (exact) mass is 1340 g/mol. The number of aromatic hydroxyl groups is 1. The molecule has 0 spiro atoms. The van der Waals surface area contributed by atoms with Gasteiger partial charge < -0.3 is 98.9 Å². The summed E-state index contributed by atoms with van der Waals surface area (Å²) in [5.74, 6) is -13.3. The summed E-state index contributed by atoms with van der Waals surface area (Å²) in [6, 6.07) is -3.89. The van der Waals surface area contributed by atoms with Crippen LogP contribution < -0.4 is 53.6 Å². The van der Waals surface area contributed by atoms with Crippen LogP contribution in [0.15, 0.2) is 79.6 Å². The number of carboxylic acid groups (broad SMARTS) is 2. The Kier molecular flexibility index (Phi) is 27.8. The quantitative estimate of drug-likeness (QED) is 0.0206. The fourth-order valence-electron chi connectivity index (χ4n) is 10.9. The van der Waals surface area contributed by atoms with E-state index in [-0.39, 0.29) is 69.7 Å². The predicted octanol–water partition coefficient (Wildman–Crippen LogP) is -4.59. The molecule has 34 heteroatoms. The molecule has 0 aliphatic carbocycles. The maximum atomic E-state index is 14.7. The van der Waals surface area contributed by atoms with Gasteiger partial charge in [-0.25, -0.2) is 14.8 Å². The molecule has 2 aromatic heterocycles. The number of aliphatic carboxylic acids is 2. The Hall–Kier alpha value is -10.3. The molecule has 12 atom stereocenters. The number of phenolic OH excluding ortho intramolecular Hbond substituents is 1. The zero-order chi connectivity index (χ0) is 70.3. The number of carbonyl (C=O) groups is 13. The summed E-state index contributed by atoms with van der Waals surface area (Å²) in [6.45, 7) is 4.53. The van der Waals surface area contributed by atoms with Crippen LogP contribution >= 0.6 is 0 Å². The number of imidazole rings is 2. The largest absolute Gasteiger partial charge is 0.508 e. The molecule has 2 saturated heterocycles. The number of likely N-dealkylation sites (tertiary alicyclic amines) is 2. The number of aliphatic hydroxyl groups excluding tert-OH is 2. The van der Waals surface area contributed by atoms with Crippen molar-refractivity contribution in [2.75, 3.05) is 26.3 Å². The van der Waals surface area contributed by atoms with Gasteiger partial charge >= 0.3 is 11.9 Å². The Morgan fingerprint density at radius 3 is 1.41 bits per heavy atom. The molecule has 11 amide bonds. The molecule has 96 heavy (non-hydrogen) atoms. The Bertz CT molecular complexity index is 3360. The van der Waals surface area contributed by atoms with Crippen LogP contribution in [-0.2, 0) is 88.0 Å². The molecule has 2 aromatic carbocycles. The number of aromatic amines is 2. The molecule has 0 radical (unpaired) electrons. The molecule has 0 saturated carbocycles. The number of phenols is 1. The normalized spacial score (nSPS) is 17.5. The first-order valence-corrected chi connectivity index (χ1v) is 31.2. The molecule has 4 heterocycles. The maximum Gasteiger partial charge on any atom is 0.326 e. The van der Waals surface area contributed by atoms with Gasteiger partial charge in [-0.05, 0) is 75.1 Å². The molecule has 4 aromatic rings. The van der Waals surface area contributed by atoms with Gasteiger partial charge in [-0.15, -0.1) is 0 Å². The highest BCUT2D eigenvalue weighted by Crippen LogP contribution is 2.22. The van der Waals surface area contributed by atoms with E-state index in [0.717, 1.165) is 0 Å². The third kappa shape index (κ3) is 21.9. The van der Waals surface area contributed by atoms with Gasteiger partial charge in [0, 0.05) is 62.6 Å². The number of benzene rings is 2. The van der Waals surface area contributed by atoms with E-state index in [9.17, 15) is 87.9 Å². The fraction of sp³-hybridized carbons (Fsp3) is 0.500. The number of nitrogens with two attached hydrogens (primary N) is 1. The first-order chi connectivity index (χ1) is 45.7.